The van der Waals surface area contributed by atoms with Gasteiger partial charge in [0.1, 0.15) is 18.2 Å². The van der Waals surface area contributed by atoms with Crippen molar-refractivity contribution in [3.8, 4) is 0 Å². The van der Waals surface area contributed by atoms with Gasteiger partial charge < -0.3 is 15.8 Å². The minimum Gasteiger partial charge on any atom is -0.384 e. The van der Waals surface area contributed by atoms with Crippen molar-refractivity contribution in [2.45, 2.75) is 33.4 Å². The second-order valence-electron chi connectivity index (χ2n) is 5.01. The van der Waals surface area contributed by atoms with Gasteiger partial charge >= 0.3 is 0 Å². The van der Waals surface area contributed by atoms with Crippen molar-refractivity contribution in [1.29, 1.82) is 0 Å². The van der Waals surface area contributed by atoms with Gasteiger partial charge in [0, 0.05) is 18.7 Å². The van der Waals surface area contributed by atoms with Gasteiger partial charge in [-0.1, -0.05) is 29.8 Å². The third kappa shape index (κ3) is 4.43. The highest BCUT2D eigenvalue weighted by Gasteiger charge is 2.08. The van der Waals surface area contributed by atoms with E-state index in [-0.39, 0.29) is 6.04 Å². The van der Waals surface area contributed by atoms with Crippen molar-refractivity contribution in [3.05, 3.63) is 47.3 Å². The molecule has 0 fully saturated rings. The van der Waals surface area contributed by atoms with E-state index >= 15 is 0 Å². The van der Waals surface area contributed by atoms with E-state index in [1.165, 1.54) is 11.1 Å². The smallest absolute Gasteiger partial charge is 0.158 e. The van der Waals surface area contributed by atoms with Crippen LogP contribution in [0.4, 0.5) is 11.6 Å². The molecule has 3 N–H and O–H groups in total. The van der Waals surface area contributed by atoms with E-state index in [2.05, 4.69) is 53.4 Å². The van der Waals surface area contributed by atoms with E-state index in [4.69, 9.17) is 10.5 Å². The molecule has 1 unspecified atom stereocenters. The first-order valence-corrected chi connectivity index (χ1v) is 7.12. The molecule has 5 heteroatoms. The Morgan fingerprint density at radius 3 is 2.62 bits per heavy atom. The average Bonchev–Trinajstić information content (AvgIpc) is 2.45. The monoisotopic (exact) mass is 286 g/mol. The van der Waals surface area contributed by atoms with E-state index in [0.717, 1.165) is 0 Å². The van der Waals surface area contributed by atoms with Crippen LogP contribution in [0.25, 0.3) is 0 Å². The molecule has 112 valence electrons. The van der Waals surface area contributed by atoms with Gasteiger partial charge in [0.05, 0.1) is 0 Å². The highest BCUT2D eigenvalue weighted by Crippen LogP contribution is 2.19. The van der Waals surface area contributed by atoms with Gasteiger partial charge in [-0.05, 0) is 26.3 Å². The number of anilines is 2. The SMILES string of the molecule is CCOCc1nc(N)cc(NC(C)c2ccc(C)cc2)n1. The predicted octanol–water partition coefficient (Wildman–Crippen LogP) is 3.08. The molecule has 1 atom stereocenters. The van der Waals surface area contributed by atoms with E-state index in [1.54, 1.807) is 6.07 Å². The highest BCUT2D eigenvalue weighted by atomic mass is 16.5. The molecule has 0 aliphatic carbocycles. The van der Waals surface area contributed by atoms with E-state index in [9.17, 15) is 0 Å². The van der Waals surface area contributed by atoms with Crippen LogP contribution in [0.2, 0.25) is 0 Å². The van der Waals surface area contributed by atoms with Crippen molar-refractivity contribution in [2.75, 3.05) is 17.7 Å². The molecule has 1 aromatic carbocycles. The molecular formula is C16H22N4O. The van der Waals surface area contributed by atoms with Gasteiger partial charge in [0.2, 0.25) is 0 Å². The van der Waals surface area contributed by atoms with Crippen molar-refractivity contribution in [3.63, 3.8) is 0 Å². The fourth-order valence-electron chi connectivity index (χ4n) is 2.01. The fourth-order valence-corrected chi connectivity index (χ4v) is 2.01. The predicted molar refractivity (Wildman–Crippen MR) is 85.0 cm³/mol. The lowest BCUT2D eigenvalue weighted by Crippen LogP contribution is -2.11. The Labute approximate surface area is 125 Å². The van der Waals surface area contributed by atoms with Crippen molar-refractivity contribution in [1.82, 2.24) is 9.97 Å². The van der Waals surface area contributed by atoms with Gasteiger partial charge in [0.15, 0.2) is 5.82 Å². The van der Waals surface area contributed by atoms with Crippen LogP contribution in [0.5, 0.6) is 0 Å². The maximum Gasteiger partial charge on any atom is 0.158 e. The van der Waals surface area contributed by atoms with Crippen molar-refractivity contribution in [2.24, 2.45) is 0 Å². The first-order valence-electron chi connectivity index (χ1n) is 7.12. The van der Waals surface area contributed by atoms with Crippen LogP contribution in [-0.4, -0.2) is 16.6 Å². The molecule has 0 aliphatic heterocycles. The summed E-state index contributed by atoms with van der Waals surface area (Å²) < 4.78 is 5.32. The summed E-state index contributed by atoms with van der Waals surface area (Å²) in [5.41, 5.74) is 8.26. The summed E-state index contributed by atoms with van der Waals surface area (Å²) in [6.45, 7) is 7.10. The minimum absolute atomic E-state index is 0.139. The normalized spacial score (nSPS) is 12.1. The van der Waals surface area contributed by atoms with Crippen LogP contribution in [-0.2, 0) is 11.3 Å². The summed E-state index contributed by atoms with van der Waals surface area (Å²) in [5, 5.41) is 3.35. The summed E-state index contributed by atoms with van der Waals surface area (Å²) in [4.78, 5) is 8.59. The third-order valence-corrected chi connectivity index (χ3v) is 3.17. The zero-order chi connectivity index (χ0) is 15.2. The van der Waals surface area contributed by atoms with Crippen LogP contribution in [0.15, 0.2) is 30.3 Å². The van der Waals surface area contributed by atoms with Gasteiger partial charge in [0.25, 0.3) is 0 Å². The Hall–Kier alpha value is -2.14. The second kappa shape index (κ2) is 7.04. The van der Waals surface area contributed by atoms with Crippen molar-refractivity contribution < 1.29 is 4.74 Å². The number of nitrogens with one attached hydrogen (secondary N) is 1. The maximum atomic E-state index is 5.82. The number of aromatic nitrogens is 2. The van der Waals surface area contributed by atoms with E-state index in [1.807, 2.05) is 6.92 Å². The lowest BCUT2D eigenvalue weighted by Gasteiger charge is -2.16. The van der Waals surface area contributed by atoms with Gasteiger partial charge in [-0.25, -0.2) is 9.97 Å². The molecule has 2 rings (SSSR count). The zero-order valence-electron chi connectivity index (χ0n) is 12.8. The molecule has 2 aromatic rings. The lowest BCUT2D eigenvalue weighted by atomic mass is 10.1. The molecule has 0 bridgehead atoms. The summed E-state index contributed by atoms with van der Waals surface area (Å²) in [6.07, 6.45) is 0. The number of rotatable bonds is 6. The van der Waals surface area contributed by atoms with Crippen LogP contribution < -0.4 is 11.1 Å². The Morgan fingerprint density at radius 1 is 1.24 bits per heavy atom. The molecule has 21 heavy (non-hydrogen) atoms. The molecule has 0 aliphatic rings. The molecule has 0 saturated heterocycles. The first kappa shape index (κ1) is 15.3. The molecular weight excluding hydrogens is 264 g/mol. The Morgan fingerprint density at radius 2 is 1.95 bits per heavy atom. The van der Waals surface area contributed by atoms with E-state index < -0.39 is 0 Å². The van der Waals surface area contributed by atoms with Gasteiger partial charge in [-0.3, -0.25) is 0 Å². The quantitative estimate of drug-likeness (QED) is 0.853. The van der Waals surface area contributed by atoms with Crippen LogP contribution in [0.3, 0.4) is 0 Å². The standard InChI is InChI=1S/C16H22N4O/c1-4-21-10-16-19-14(17)9-15(20-16)18-12(3)13-7-5-11(2)6-8-13/h5-9,12H,4,10H2,1-3H3,(H3,17,18,19,20). The maximum absolute atomic E-state index is 5.82. The molecule has 0 spiro atoms. The van der Waals surface area contributed by atoms with Crippen LogP contribution in [0.1, 0.15) is 36.8 Å². The summed E-state index contributed by atoms with van der Waals surface area (Å²) in [7, 11) is 0. The van der Waals surface area contributed by atoms with E-state index in [0.29, 0.717) is 30.7 Å². The molecule has 0 radical (unpaired) electrons. The second-order valence-corrected chi connectivity index (χ2v) is 5.01. The molecule has 1 aromatic heterocycles. The molecule has 5 nitrogen and oxygen atoms in total. The zero-order valence-corrected chi connectivity index (χ0v) is 12.8. The van der Waals surface area contributed by atoms with Crippen LogP contribution in [0, 0.1) is 6.92 Å². The number of nitrogen functional groups attached to an aromatic ring is 1. The largest absolute Gasteiger partial charge is 0.384 e. The minimum atomic E-state index is 0.139. The van der Waals surface area contributed by atoms with Crippen molar-refractivity contribution >= 4 is 11.6 Å². The Bertz CT molecular complexity index is 583. The molecule has 0 saturated carbocycles. The highest BCUT2D eigenvalue weighted by molar-refractivity contribution is 5.46. The Balaban J connectivity index is 2.10. The topological polar surface area (TPSA) is 73.1 Å². The number of hydrogen-bond donors (Lipinski definition) is 2. The van der Waals surface area contributed by atoms with Gasteiger partial charge in [-0.15, -0.1) is 0 Å². The molecule has 0 amide bonds. The number of aryl methyl sites for hydroxylation is 1. The summed E-state index contributed by atoms with van der Waals surface area (Å²) >= 11 is 0. The third-order valence-electron chi connectivity index (χ3n) is 3.17. The van der Waals surface area contributed by atoms with Crippen LogP contribution >= 0.6 is 0 Å². The summed E-state index contributed by atoms with van der Waals surface area (Å²) in [5.74, 6) is 1.75. The lowest BCUT2D eigenvalue weighted by molar-refractivity contribution is 0.128. The number of nitrogens with two attached hydrogens (primary N) is 1. The fraction of sp³-hybridized carbons (Fsp3) is 0.375. The molecule has 1 heterocycles. The number of ether oxygens (including phenoxy) is 1. The van der Waals surface area contributed by atoms with Gasteiger partial charge in [-0.2, -0.15) is 0 Å². The number of hydrogen-bond acceptors (Lipinski definition) is 5. The number of benzene rings is 1. The Kier molecular flexibility index (Phi) is 5.11. The summed E-state index contributed by atoms with van der Waals surface area (Å²) in [6, 6.07) is 10.3. The average molecular weight is 286 g/mol. The number of nitrogens with zero attached hydrogens (tertiary/aromatic N) is 2. The first-order chi connectivity index (χ1) is 10.1.